The highest BCUT2D eigenvalue weighted by Gasteiger charge is 2.53. The van der Waals surface area contributed by atoms with Crippen molar-refractivity contribution in [1.29, 1.82) is 0 Å². The fourth-order valence-electron chi connectivity index (χ4n) is 2.63. The highest BCUT2D eigenvalue weighted by Crippen LogP contribution is 2.39. The van der Waals surface area contributed by atoms with Crippen LogP contribution >= 0.6 is 11.6 Å². The van der Waals surface area contributed by atoms with Gasteiger partial charge in [0, 0.05) is 10.6 Å². The lowest BCUT2D eigenvalue weighted by molar-refractivity contribution is -0.160. The first-order chi connectivity index (χ1) is 12.7. The molecule has 1 unspecified atom stereocenters. The predicted octanol–water partition coefficient (Wildman–Crippen LogP) is 3.71. The van der Waals surface area contributed by atoms with Crippen LogP contribution < -0.4 is 4.74 Å². The summed E-state index contributed by atoms with van der Waals surface area (Å²) >= 11 is 5.79. The fraction of sp³-hybridized carbons (Fsp3) is 0.222. The normalized spacial score (nSPS) is 19.7. The largest absolute Gasteiger partial charge is 0.484 e. The summed E-state index contributed by atoms with van der Waals surface area (Å²) in [6, 6.07) is 13.8. The quantitative estimate of drug-likeness (QED) is 0.854. The Kier molecular flexibility index (Phi) is 5.12. The average Bonchev–Trinajstić information content (AvgIpc) is 3.00. The Balaban J connectivity index is 1.88. The number of alkyl halides is 3. The van der Waals surface area contributed by atoms with Gasteiger partial charge in [-0.25, -0.2) is 0 Å². The number of rotatable bonds is 4. The number of benzene rings is 2. The summed E-state index contributed by atoms with van der Waals surface area (Å²) in [5.41, 5.74) is -3.48. The maximum Gasteiger partial charge on any atom is 0.431 e. The number of carbonyl (C=O) groups is 1. The number of amides is 1. The molecule has 27 heavy (non-hydrogen) atoms. The molecule has 3 rings (SSSR count). The van der Waals surface area contributed by atoms with Gasteiger partial charge < -0.3 is 9.84 Å². The Labute approximate surface area is 157 Å². The molecule has 0 saturated carbocycles. The van der Waals surface area contributed by atoms with Crippen LogP contribution in [0.1, 0.15) is 12.0 Å². The van der Waals surface area contributed by atoms with Gasteiger partial charge in [0.25, 0.3) is 5.91 Å². The molecule has 1 atom stereocenters. The number of nitrogens with zero attached hydrogens (tertiary/aromatic N) is 2. The third kappa shape index (κ3) is 4.06. The predicted molar refractivity (Wildman–Crippen MR) is 92.2 cm³/mol. The third-order valence-corrected chi connectivity index (χ3v) is 4.21. The van der Waals surface area contributed by atoms with Crippen LogP contribution in [-0.2, 0) is 10.5 Å². The number of hydrogen-bond donors (Lipinski definition) is 1. The topological polar surface area (TPSA) is 62.1 Å². The molecule has 142 valence electrons. The van der Waals surface area contributed by atoms with Gasteiger partial charge in [-0.15, -0.1) is 0 Å². The molecule has 2 aromatic carbocycles. The molecule has 0 fully saturated rings. The van der Waals surface area contributed by atoms with Gasteiger partial charge >= 0.3 is 6.18 Å². The van der Waals surface area contributed by atoms with Gasteiger partial charge in [-0.2, -0.15) is 23.3 Å². The number of hydrogen-bond acceptors (Lipinski definition) is 4. The van der Waals surface area contributed by atoms with Gasteiger partial charge in [0.05, 0.1) is 6.42 Å². The molecule has 0 spiro atoms. The first-order valence-corrected chi connectivity index (χ1v) is 8.22. The fourth-order valence-corrected chi connectivity index (χ4v) is 2.76. The molecule has 0 saturated heterocycles. The molecule has 2 aromatic rings. The summed E-state index contributed by atoms with van der Waals surface area (Å²) in [7, 11) is 0. The van der Waals surface area contributed by atoms with E-state index in [1.807, 2.05) is 0 Å². The molecule has 0 bridgehead atoms. The van der Waals surface area contributed by atoms with Crippen molar-refractivity contribution in [2.45, 2.75) is 18.3 Å². The monoisotopic (exact) mass is 398 g/mol. The first kappa shape index (κ1) is 19.2. The van der Waals surface area contributed by atoms with Crippen LogP contribution in [-0.4, -0.2) is 34.5 Å². The van der Waals surface area contributed by atoms with Crippen LogP contribution in [0.2, 0.25) is 5.02 Å². The summed E-state index contributed by atoms with van der Waals surface area (Å²) in [4.78, 5) is 12.5. The molecule has 0 aromatic heterocycles. The van der Waals surface area contributed by atoms with E-state index in [0.29, 0.717) is 15.8 Å². The Morgan fingerprint density at radius 3 is 2.41 bits per heavy atom. The summed E-state index contributed by atoms with van der Waals surface area (Å²) in [5.74, 6) is -0.560. The number of carbonyl (C=O) groups excluding carboxylic acids is 1. The van der Waals surface area contributed by atoms with E-state index < -0.39 is 36.5 Å². The van der Waals surface area contributed by atoms with Crippen LogP contribution in [0.5, 0.6) is 5.75 Å². The Morgan fingerprint density at radius 2 is 1.81 bits per heavy atom. The van der Waals surface area contributed by atoms with Crippen molar-refractivity contribution >= 4 is 23.2 Å². The van der Waals surface area contributed by atoms with Crippen LogP contribution in [0.4, 0.5) is 13.2 Å². The van der Waals surface area contributed by atoms with Crippen molar-refractivity contribution < 1.29 is 27.8 Å². The van der Waals surface area contributed by atoms with E-state index in [1.54, 1.807) is 30.3 Å². The van der Waals surface area contributed by atoms with E-state index >= 15 is 0 Å². The standard InChI is InChI=1S/C18H14ClF3N2O3/c19-13-8-6-12(7-9-13)17(26)10-15(18(20,21)22)23-24(17)16(25)11-27-14-4-2-1-3-5-14/h1-9,26H,10-11H2. The smallest absolute Gasteiger partial charge is 0.431 e. The lowest BCUT2D eigenvalue weighted by Gasteiger charge is -2.31. The van der Waals surface area contributed by atoms with Crippen LogP contribution in [0.25, 0.3) is 0 Å². The third-order valence-electron chi connectivity index (χ3n) is 3.96. The molecule has 1 N–H and O–H groups in total. The van der Waals surface area contributed by atoms with E-state index in [4.69, 9.17) is 16.3 Å². The zero-order valence-corrected chi connectivity index (χ0v) is 14.5. The Hall–Kier alpha value is -2.58. The van der Waals surface area contributed by atoms with Crippen molar-refractivity contribution in [1.82, 2.24) is 5.01 Å². The molecule has 1 heterocycles. The maximum absolute atomic E-state index is 13.1. The number of para-hydroxylation sites is 1. The molecular weight excluding hydrogens is 385 g/mol. The van der Waals surface area contributed by atoms with Crippen molar-refractivity contribution in [3.8, 4) is 5.75 Å². The molecule has 1 aliphatic heterocycles. The van der Waals surface area contributed by atoms with Crippen molar-refractivity contribution in [3.05, 3.63) is 65.2 Å². The van der Waals surface area contributed by atoms with E-state index in [-0.39, 0.29) is 5.56 Å². The molecule has 9 heteroatoms. The van der Waals surface area contributed by atoms with E-state index in [1.165, 1.54) is 24.3 Å². The summed E-state index contributed by atoms with van der Waals surface area (Å²) in [6.45, 7) is -0.589. The SMILES string of the molecule is O=C(COc1ccccc1)N1N=C(C(F)(F)F)CC1(O)c1ccc(Cl)cc1. The first-order valence-electron chi connectivity index (χ1n) is 7.84. The number of halogens is 4. The summed E-state index contributed by atoms with van der Waals surface area (Å²) < 4.78 is 44.7. The highest BCUT2D eigenvalue weighted by atomic mass is 35.5. The van der Waals surface area contributed by atoms with Crippen molar-refractivity contribution in [3.63, 3.8) is 0 Å². The number of ether oxygens (including phenoxy) is 1. The number of hydrazone groups is 1. The highest BCUT2D eigenvalue weighted by molar-refractivity contribution is 6.30. The van der Waals surface area contributed by atoms with Gasteiger partial charge in [0.2, 0.25) is 0 Å². The van der Waals surface area contributed by atoms with Gasteiger partial charge in [-0.3, -0.25) is 4.79 Å². The van der Waals surface area contributed by atoms with E-state index in [0.717, 1.165) is 0 Å². The van der Waals surface area contributed by atoms with Gasteiger partial charge in [-0.05, 0) is 24.3 Å². The van der Waals surface area contributed by atoms with Gasteiger partial charge in [0.1, 0.15) is 11.5 Å². The Bertz CT molecular complexity index is 856. The van der Waals surface area contributed by atoms with E-state index in [9.17, 15) is 23.1 Å². The van der Waals surface area contributed by atoms with Crippen LogP contribution in [0, 0.1) is 0 Å². The Morgan fingerprint density at radius 1 is 1.19 bits per heavy atom. The van der Waals surface area contributed by atoms with Gasteiger partial charge in [0.15, 0.2) is 12.3 Å². The van der Waals surface area contributed by atoms with Crippen molar-refractivity contribution in [2.24, 2.45) is 5.10 Å². The molecule has 1 aliphatic rings. The van der Waals surface area contributed by atoms with Crippen molar-refractivity contribution in [2.75, 3.05) is 6.61 Å². The average molecular weight is 399 g/mol. The number of aliphatic hydroxyl groups is 1. The minimum atomic E-state index is -4.78. The lowest BCUT2D eigenvalue weighted by Crippen LogP contribution is -2.45. The summed E-state index contributed by atoms with van der Waals surface area (Å²) in [6.07, 6.45) is -5.68. The maximum atomic E-state index is 13.1. The molecule has 5 nitrogen and oxygen atoms in total. The zero-order valence-electron chi connectivity index (χ0n) is 13.8. The molecular formula is C18H14ClF3N2O3. The van der Waals surface area contributed by atoms with Crippen LogP contribution in [0.3, 0.4) is 0 Å². The van der Waals surface area contributed by atoms with Gasteiger partial charge in [-0.1, -0.05) is 41.9 Å². The molecule has 0 radical (unpaired) electrons. The van der Waals surface area contributed by atoms with E-state index in [2.05, 4.69) is 5.10 Å². The zero-order chi connectivity index (χ0) is 19.7. The van der Waals surface area contributed by atoms with Crippen LogP contribution in [0.15, 0.2) is 59.7 Å². The molecule has 0 aliphatic carbocycles. The molecule has 1 amide bonds. The lowest BCUT2D eigenvalue weighted by atomic mass is 9.97. The minimum Gasteiger partial charge on any atom is -0.484 e. The minimum absolute atomic E-state index is 0.0583. The second kappa shape index (κ2) is 7.21. The second-order valence-electron chi connectivity index (χ2n) is 5.85. The second-order valence-corrected chi connectivity index (χ2v) is 6.29. The summed E-state index contributed by atoms with van der Waals surface area (Å²) in [5, 5.41) is 15.0.